The fourth-order valence-corrected chi connectivity index (χ4v) is 3.43. The third-order valence-corrected chi connectivity index (χ3v) is 5.04. The van der Waals surface area contributed by atoms with Gasteiger partial charge in [-0.1, -0.05) is 18.2 Å². The van der Waals surface area contributed by atoms with Gasteiger partial charge >= 0.3 is 0 Å². The Morgan fingerprint density at radius 3 is 2.72 bits per heavy atom. The fourth-order valence-electron chi connectivity index (χ4n) is 3.43. The molecule has 0 aliphatic carbocycles. The largest absolute Gasteiger partial charge is 0.467 e. The molecule has 0 aliphatic heterocycles. The van der Waals surface area contributed by atoms with Crippen LogP contribution in [-0.4, -0.2) is 15.7 Å². The van der Waals surface area contributed by atoms with Crippen LogP contribution >= 0.6 is 0 Å². The van der Waals surface area contributed by atoms with Crippen molar-refractivity contribution >= 4 is 5.91 Å². The van der Waals surface area contributed by atoms with Crippen molar-refractivity contribution < 1.29 is 18.3 Å². The van der Waals surface area contributed by atoms with E-state index in [1.807, 2.05) is 38.1 Å². The van der Waals surface area contributed by atoms with Gasteiger partial charge in [-0.3, -0.25) is 4.79 Å². The molecule has 2 aromatic carbocycles. The molecule has 32 heavy (non-hydrogen) atoms. The van der Waals surface area contributed by atoms with Crippen LogP contribution in [0.4, 0.5) is 4.39 Å². The van der Waals surface area contributed by atoms with Gasteiger partial charge in [-0.15, -0.1) is 0 Å². The summed E-state index contributed by atoms with van der Waals surface area (Å²) >= 11 is 0. The van der Waals surface area contributed by atoms with Crippen LogP contribution in [0.2, 0.25) is 0 Å². The third kappa shape index (κ3) is 5.06. The number of hydrogen-bond acceptors (Lipinski definition) is 4. The molecule has 1 amide bonds. The van der Waals surface area contributed by atoms with E-state index in [4.69, 9.17) is 9.15 Å². The normalized spacial score (nSPS) is 10.8. The Bertz CT molecular complexity index is 1220. The molecule has 0 radical (unpaired) electrons. The molecule has 4 rings (SSSR count). The van der Waals surface area contributed by atoms with Gasteiger partial charge in [0.1, 0.15) is 17.3 Å². The van der Waals surface area contributed by atoms with Crippen LogP contribution in [0.25, 0.3) is 5.69 Å². The number of nitrogens with one attached hydrogen (secondary N) is 1. The standard InChI is InChI=1S/C25H24FN3O3/c1-17-6-3-8-20(14-17)29-25(32-21-9-4-7-19(26)15-21)23(18(2)28-29)11-12-24(30)27-16-22-10-5-13-31-22/h3-10,13-15H,11-12,16H2,1-2H3,(H,27,30). The number of nitrogens with zero attached hydrogens (tertiary/aromatic N) is 2. The highest BCUT2D eigenvalue weighted by molar-refractivity contribution is 5.76. The molecule has 7 heteroatoms. The minimum absolute atomic E-state index is 0.110. The summed E-state index contributed by atoms with van der Waals surface area (Å²) in [5.74, 6) is 1.03. The van der Waals surface area contributed by atoms with E-state index < -0.39 is 0 Å². The van der Waals surface area contributed by atoms with Gasteiger partial charge in [0.05, 0.1) is 24.2 Å². The van der Waals surface area contributed by atoms with Crippen molar-refractivity contribution in [3.8, 4) is 17.3 Å². The van der Waals surface area contributed by atoms with E-state index in [9.17, 15) is 9.18 Å². The number of carbonyl (C=O) groups is 1. The van der Waals surface area contributed by atoms with E-state index in [0.29, 0.717) is 30.4 Å². The Kier molecular flexibility index (Phi) is 6.35. The molecule has 2 heterocycles. The van der Waals surface area contributed by atoms with E-state index in [1.165, 1.54) is 12.1 Å². The van der Waals surface area contributed by atoms with Gasteiger partial charge in [0.15, 0.2) is 0 Å². The molecule has 2 aromatic heterocycles. The van der Waals surface area contributed by atoms with Crippen molar-refractivity contribution in [2.45, 2.75) is 33.2 Å². The summed E-state index contributed by atoms with van der Waals surface area (Å²) in [6.45, 7) is 4.21. The second-order valence-corrected chi connectivity index (χ2v) is 7.54. The minimum atomic E-state index is -0.389. The lowest BCUT2D eigenvalue weighted by Gasteiger charge is -2.12. The minimum Gasteiger partial charge on any atom is -0.467 e. The zero-order valence-corrected chi connectivity index (χ0v) is 18.0. The van der Waals surface area contributed by atoms with E-state index >= 15 is 0 Å². The molecule has 0 saturated heterocycles. The van der Waals surface area contributed by atoms with Crippen molar-refractivity contribution in [2.75, 3.05) is 0 Å². The summed E-state index contributed by atoms with van der Waals surface area (Å²) in [4.78, 5) is 12.4. The van der Waals surface area contributed by atoms with Crippen LogP contribution in [0.15, 0.2) is 71.3 Å². The van der Waals surface area contributed by atoms with E-state index in [-0.39, 0.29) is 18.1 Å². The molecule has 0 atom stereocenters. The number of ether oxygens (including phenoxy) is 1. The lowest BCUT2D eigenvalue weighted by Crippen LogP contribution is -2.22. The van der Waals surface area contributed by atoms with Crippen LogP contribution in [0, 0.1) is 19.7 Å². The molecule has 0 aliphatic rings. The SMILES string of the molecule is Cc1cccc(-n2nc(C)c(CCC(=O)NCc3ccco3)c2Oc2cccc(F)c2)c1. The number of hydrogen-bond donors (Lipinski definition) is 1. The van der Waals surface area contributed by atoms with Crippen LogP contribution in [0.5, 0.6) is 11.6 Å². The predicted molar refractivity (Wildman–Crippen MR) is 118 cm³/mol. The van der Waals surface area contributed by atoms with Crippen LogP contribution in [0.3, 0.4) is 0 Å². The number of halogens is 1. The fraction of sp³-hybridized carbons (Fsp3) is 0.200. The zero-order valence-electron chi connectivity index (χ0n) is 18.0. The zero-order chi connectivity index (χ0) is 22.5. The van der Waals surface area contributed by atoms with Gasteiger partial charge in [0, 0.05) is 18.1 Å². The van der Waals surface area contributed by atoms with E-state index in [0.717, 1.165) is 22.5 Å². The second-order valence-electron chi connectivity index (χ2n) is 7.54. The van der Waals surface area contributed by atoms with Gasteiger partial charge < -0.3 is 14.5 Å². The number of carbonyl (C=O) groups excluding carboxylic acids is 1. The van der Waals surface area contributed by atoms with Crippen molar-refractivity contribution in [1.82, 2.24) is 15.1 Å². The van der Waals surface area contributed by atoms with Crippen LogP contribution < -0.4 is 10.1 Å². The van der Waals surface area contributed by atoms with Crippen LogP contribution in [-0.2, 0) is 17.8 Å². The monoisotopic (exact) mass is 433 g/mol. The summed E-state index contributed by atoms with van der Waals surface area (Å²) in [5.41, 5.74) is 3.44. The first-order valence-electron chi connectivity index (χ1n) is 10.4. The summed E-state index contributed by atoms with van der Waals surface area (Å²) in [6.07, 6.45) is 2.24. The van der Waals surface area contributed by atoms with Gasteiger partial charge in [-0.2, -0.15) is 5.10 Å². The molecule has 1 N–H and O–H groups in total. The number of rotatable bonds is 8. The van der Waals surface area contributed by atoms with Crippen molar-refractivity contribution in [3.05, 3.63) is 95.3 Å². The highest BCUT2D eigenvalue weighted by Crippen LogP contribution is 2.32. The van der Waals surface area contributed by atoms with E-state index in [1.54, 1.807) is 35.2 Å². The number of aryl methyl sites for hydroxylation is 2. The molecule has 0 fully saturated rings. The first-order chi connectivity index (χ1) is 15.5. The first kappa shape index (κ1) is 21.4. The molecule has 0 bridgehead atoms. The van der Waals surface area contributed by atoms with Crippen LogP contribution in [0.1, 0.15) is 29.0 Å². The lowest BCUT2D eigenvalue weighted by atomic mass is 10.1. The molecular weight excluding hydrogens is 409 g/mol. The molecule has 0 spiro atoms. The third-order valence-electron chi connectivity index (χ3n) is 5.04. The Balaban J connectivity index is 1.59. The highest BCUT2D eigenvalue weighted by atomic mass is 19.1. The smallest absolute Gasteiger partial charge is 0.226 e. The summed E-state index contributed by atoms with van der Waals surface area (Å²) in [7, 11) is 0. The lowest BCUT2D eigenvalue weighted by molar-refractivity contribution is -0.121. The topological polar surface area (TPSA) is 69.3 Å². The van der Waals surface area contributed by atoms with Crippen molar-refractivity contribution in [1.29, 1.82) is 0 Å². The molecule has 4 aromatic rings. The maximum atomic E-state index is 13.7. The molecule has 6 nitrogen and oxygen atoms in total. The van der Waals surface area contributed by atoms with Gasteiger partial charge in [0.2, 0.25) is 11.8 Å². The van der Waals surface area contributed by atoms with Gasteiger partial charge in [-0.25, -0.2) is 9.07 Å². The Morgan fingerprint density at radius 1 is 1.12 bits per heavy atom. The molecule has 0 unspecified atom stereocenters. The van der Waals surface area contributed by atoms with Gasteiger partial charge in [-0.05, 0) is 62.2 Å². The van der Waals surface area contributed by atoms with Crippen molar-refractivity contribution in [3.63, 3.8) is 0 Å². The summed E-state index contributed by atoms with van der Waals surface area (Å²) < 4.78 is 26.8. The number of amides is 1. The number of benzene rings is 2. The summed E-state index contributed by atoms with van der Waals surface area (Å²) in [6, 6.07) is 17.4. The molecule has 164 valence electrons. The number of aromatic nitrogens is 2. The average molecular weight is 433 g/mol. The Hall–Kier alpha value is -3.87. The van der Waals surface area contributed by atoms with Crippen molar-refractivity contribution in [2.24, 2.45) is 0 Å². The number of furan rings is 1. The van der Waals surface area contributed by atoms with Gasteiger partial charge in [0.25, 0.3) is 0 Å². The predicted octanol–water partition coefficient (Wildman–Crippen LogP) is 5.26. The summed E-state index contributed by atoms with van der Waals surface area (Å²) in [5, 5.41) is 7.50. The highest BCUT2D eigenvalue weighted by Gasteiger charge is 2.20. The Labute approximate surface area is 185 Å². The Morgan fingerprint density at radius 2 is 1.97 bits per heavy atom. The second kappa shape index (κ2) is 9.51. The quantitative estimate of drug-likeness (QED) is 0.411. The van der Waals surface area contributed by atoms with E-state index in [2.05, 4.69) is 10.4 Å². The maximum absolute atomic E-state index is 13.7. The molecule has 0 saturated carbocycles. The average Bonchev–Trinajstić information content (AvgIpc) is 3.39. The molecular formula is C25H24FN3O3. The first-order valence-corrected chi connectivity index (χ1v) is 10.4. The maximum Gasteiger partial charge on any atom is 0.226 e.